The number of benzene rings is 1. The summed E-state index contributed by atoms with van der Waals surface area (Å²) < 4.78 is 15.7. The molecule has 0 radical (unpaired) electrons. The van der Waals surface area contributed by atoms with Crippen molar-refractivity contribution in [1.82, 2.24) is 10.3 Å². The van der Waals surface area contributed by atoms with Crippen LogP contribution in [0.3, 0.4) is 0 Å². The first-order chi connectivity index (χ1) is 12.1. The van der Waals surface area contributed by atoms with E-state index in [0.29, 0.717) is 29.2 Å². The van der Waals surface area contributed by atoms with Crippen LogP contribution in [-0.4, -0.2) is 43.4 Å². The predicted octanol–water partition coefficient (Wildman–Crippen LogP) is 1.96. The Balaban J connectivity index is 2.04. The number of methoxy groups -OCH3 is 2. The molecule has 0 aliphatic rings. The Bertz CT molecular complexity index is 720. The van der Waals surface area contributed by atoms with E-state index in [2.05, 4.69) is 10.3 Å². The van der Waals surface area contributed by atoms with Gasteiger partial charge in [-0.3, -0.25) is 4.79 Å². The third-order valence-corrected chi connectivity index (χ3v) is 3.55. The molecule has 1 aromatic heterocycles. The standard InChI is InChI=1S/C18H22N2O5/c1-4-25-18-13(6-5-9-19-18)17(22)20-11-14(21)12-7-8-15(23-2)16(10-12)24-3/h5-10,14,21H,4,11H2,1-3H3,(H,20,22). The molecule has 2 aromatic rings. The first-order valence-electron chi connectivity index (χ1n) is 7.86. The van der Waals surface area contributed by atoms with Gasteiger partial charge in [0.15, 0.2) is 11.5 Å². The molecule has 2 rings (SSSR count). The van der Waals surface area contributed by atoms with Crippen LogP contribution in [0.5, 0.6) is 17.4 Å². The summed E-state index contributed by atoms with van der Waals surface area (Å²) in [6.07, 6.45) is 0.663. The third kappa shape index (κ3) is 4.60. The number of aromatic nitrogens is 1. The Morgan fingerprint density at radius 1 is 1.24 bits per heavy atom. The molecule has 0 bridgehead atoms. The Morgan fingerprint density at radius 3 is 2.68 bits per heavy atom. The van der Waals surface area contributed by atoms with Gasteiger partial charge in [0, 0.05) is 12.7 Å². The lowest BCUT2D eigenvalue weighted by Crippen LogP contribution is -2.29. The van der Waals surface area contributed by atoms with Crippen LogP contribution in [0, 0.1) is 0 Å². The van der Waals surface area contributed by atoms with Gasteiger partial charge in [0.25, 0.3) is 5.91 Å². The molecule has 1 unspecified atom stereocenters. The summed E-state index contributed by atoms with van der Waals surface area (Å²) >= 11 is 0. The van der Waals surface area contributed by atoms with Crippen molar-refractivity contribution >= 4 is 5.91 Å². The zero-order valence-electron chi connectivity index (χ0n) is 14.5. The summed E-state index contributed by atoms with van der Waals surface area (Å²) in [7, 11) is 3.06. The third-order valence-electron chi connectivity index (χ3n) is 3.55. The molecule has 1 aromatic carbocycles. The second kappa shape index (κ2) is 8.89. The zero-order chi connectivity index (χ0) is 18.2. The van der Waals surface area contributed by atoms with Gasteiger partial charge in [0.05, 0.1) is 26.9 Å². The van der Waals surface area contributed by atoms with Crippen LogP contribution in [0.4, 0.5) is 0 Å². The fourth-order valence-corrected chi connectivity index (χ4v) is 2.28. The average Bonchev–Trinajstić information content (AvgIpc) is 2.65. The molecule has 1 heterocycles. The van der Waals surface area contributed by atoms with Gasteiger partial charge in [0.1, 0.15) is 5.56 Å². The van der Waals surface area contributed by atoms with Crippen molar-refractivity contribution in [3.63, 3.8) is 0 Å². The van der Waals surface area contributed by atoms with Crippen LogP contribution in [0.2, 0.25) is 0 Å². The minimum atomic E-state index is -0.893. The van der Waals surface area contributed by atoms with E-state index in [4.69, 9.17) is 14.2 Å². The Morgan fingerprint density at radius 2 is 2.00 bits per heavy atom. The number of ether oxygens (including phenoxy) is 3. The van der Waals surface area contributed by atoms with Crippen molar-refractivity contribution in [3.05, 3.63) is 47.7 Å². The topological polar surface area (TPSA) is 89.9 Å². The van der Waals surface area contributed by atoms with Crippen LogP contribution in [0.25, 0.3) is 0 Å². The number of carbonyl (C=O) groups excluding carboxylic acids is 1. The molecular weight excluding hydrogens is 324 g/mol. The summed E-state index contributed by atoms with van der Waals surface area (Å²) in [5, 5.41) is 13.0. The summed E-state index contributed by atoms with van der Waals surface area (Å²) in [5.41, 5.74) is 0.929. The Hall–Kier alpha value is -2.80. The second-order valence-electron chi connectivity index (χ2n) is 5.13. The summed E-state index contributed by atoms with van der Waals surface area (Å²) in [4.78, 5) is 16.4. The van der Waals surface area contributed by atoms with Gasteiger partial charge in [-0.25, -0.2) is 4.98 Å². The average molecular weight is 346 g/mol. The molecule has 2 N–H and O–H groups in total. The van der Waals surface area contributed by atoms with E-state index >= 15 is 0 Å². The minimum Gasteiger partial charge on any atom is -0.493 e. The maximum Gasteiger partial charge on any atom is 0.256 e. The molecule has 0 saturated carbocycles. The SMILES string of the molecule is CCOc1ncccc1C(=O)NCC(O)c1ccc(OC)c(OC)c1. The quantitative estimate of drug-likeness (QED) is 0.759. The van der Waals surface area contributed by atoms with Gasteiger partial charge in [-0.1, -0.05) is 6.07 Å². The Labute approximate surface area is 146 Å². The largest absolute Gasteiger partial charge is 0.493 e. The van der Waals surface area contributed by atoms with Crippen LogP contribution < -0.4 is 19.5 Å². The van der Waals surface area contributed by atoms with Crippen LogP contribution in [-0.2, 0) is 0 Å². The maximum atomic E-state index is 12.3. The normalized spacial score (nSPS) is 11.5. The summed E-state index contributed by atoms with van der Waals surface area (Å²) in [6.45, 7) is 2.26. The lowest BCUT2D eigenvalue weighted by atomic mass is 10.1. The zero-order valence-corrected chi connectivity index (χ0v) is 14.5. The van der Waals surface area contributed by atoms with Gasteiger partial charge in [-0.2, -0.15) is 0 Å². The molecule has 0 spiro atoms. The first kappa shape index (κ1) is 18.5. The number of amides is 1. The number of pyridine rings is 1. The van der Waals surface area contributed by atoms with E-state index < -0.39 is 6.10 Å². The predicted molar refractivity (Wildman–Crippen MR) is 92.2 cm³/mol. The van der Waals surface area contributed by atoms with Crippen molar-refractivity contribution < 1.29 is 24.1 Å². The monoisotopic (exact) mass is 346 g/mol. The number of nitrogens with one attached hydrogen (secondary N) is 1. The molecule has 0 fully saturated rings. The molecule has 0 aliphatic heterocycles. The van der Waals surface area contributed by atoms with Crippen molar-refractivity contribution in [2.45, 2.75) is 13.0 Å². The highest BCUT2D eigenvalue weighted by Gasteiger charge is 2.16. The lowest BCUT2D eigenvalue weighted by molar-refractivity contribution is 0.0911. The number of rotatable bonds is 8. The highest BCUT2D eigenvalue weighted by atomic mass is 16.5. The fraction of sp³-hybridized carbons (Fsp3) is 0.333. The molecule has 0 saturated heterocycles. The minimum absolute atomic E-state index is 0.0365. The highest BCUT2D eigenvalue weighted by Crippen LogP contribution is 2.29. The van der Waals surface area contributed by atoms with E-state index in [0.717, 1.165) is 0 Å². The van der Waals surface area contributed by atoms with Crippen molar-refractivity contribution in [2.24, 2.45) is 0 Å². The van der Waals surface area contributed by atoms with Gasteiger partial charge in [-0.15, -0.1) is 0 Å². The summed E-state index contributed by atoms with van der Waals surface area (Å²) in [5.74, 6) is 0.981. The fourth-order valence-electron chi connectivity index (χ4n) is 2.28. The molecule has 0 aliphatic carbocycles. The van der Waals surface area contributed by atoms with Crippen LogP contribution >= 0.6 is 0 Å². The molecule has 25 heavy (non-hydrogen) atoms. The summed E-state index contributed by atoms with van der Waals surface area (Å²) in [6, 6.07) is 8.37. The number of hydrogen-bond acceptors (Lipinski definition) is 6. The molecule has 1 amide bonds. The van der Waals surface area contributed by atoms with Gasteiger partial charge in [0.2, 0.25) is 5.88 Å². The molecule has 7 nitrogen and oxygen atoms in total. The Kier molecular flexibility index (Phi) is 6.59. The highest BCUT2D eigenvalue weighted by molar-refractivity contribution is 5.96. The van der Waals surface area contributed by atoms with Crippen LogP contribution in [0.15, 0.2) is 36.5 Å². The van der Waals surface area contributed by atoms with E-state index in [9.17, 15) is 9.90 Å². The van der Waals surface area contributed by atoms with Crippen LogP contribution in [0.1, 0.15) is 28.9 Å². The molecule has 7 heteroatoms. The molecular formula is C18H22N2O5. The number of carbonyl (C=O) groups is 1. The lowest BCUT2D eigenvalue weighted by Gasteiger charge is -2.15. The van der Waals surface area contributed by atoms with Gasteiger partial charge >= 0.3 is 0 Å². The van der Waals surface area contributed by atoms with E-state index in [1.54, 1.807) is 36.5 Å². The van der Waals surface area contributed by atoms with Crippen molar-refractivity contribution in [2.75, 3.05) is 27.4 Å². The smallest absolute Gasteiger partial charge is 0.256 e. The van der Waals surface area contributed by atoms with E-state index in [1.807, 2.05) is 6.92 Å². The second-order valence-corrected chi connectivity index (χ2v) is 5.13. The molecule has 1 atom stereocenters. The number of nitrogens with zero attached hydrogens (tertiary/aromatic N) is 1. The number of hydrogen-bond donors (Lipinski definition) is 2. The number of aliphatic hydroxyl groups excluding tert-OH is 1. The van der Waals surface area contributed by atoms with Gasteiger partial charge in [-0.05, 0) is 36.8 Å². The van der Waals surface area contributed by atoms with E-state index in [1.165, 1.54) is 14.2 Å². The van der Waals surface area contributed by atoms with Crippen molar-refractivity contribution in [3.8, 4) is 17.4 Å². The van der Waals surface area contributed by atoms with Crippen molar-refractivity contribution in [1.29, 1.82) is 0 Å². The van der Waals surface area contributed by atoms with Gasteiger partial charge < -0.3 is 24.6 Å². The first-order valence-corrected chi connectivity index (χ1v) is 7.86. The number of aliphatic hydroxyl groups is 1. The maximum absolute atomic E-state index is 12.3. The molecule has 134 valence electrons. The van der Waals surface area contributed by atoms with E-state index in [-0.39, 0.29) is 18.3 Å².